The van der Waals surface area contributed by atoms with Gasteiger partial charge in [0.2, 0.25) is 0 Å². The third kappa shape index (κ3) is 10.2. The molecule has 5 atom stereocenters. The van der Waals surface area contributed by atoms with Gasteiger partial charge in [-0.15, -0.1) is 0 Å². The average Bonchev–Trinajstić information content (AvgIpc) is 3.84. The van der Waals surface area contributed by atoms with E-state index in [9.17, 15) is 15.0 Å². The van der Waals surface area contributed by atoms with E-state index in [1.807, 2.05) is 24.3 Å². The zero-order valence-electron chi connectivity index (χ0n) is 37.8. The maximum absolute atomic E-state index is 10.8. The summed E-state index contributed by atoms with van der Waals surface area (Å²) in [7, 11) is 0. The normalized spacial score (nSPS) is 22.8. The van der Waals surface area contributed by atoms with Crippen molar-refractivity contribution in [2.45, 2.75) is 82.5 Å². The molecule has 3 aliphatic carbocycles. The maximum atomic E-state index is 10.8. The maximum Gasteiger partial charge on any atom is 0.303 e. The van der Waals surface area contributed by atoms with E-state index >= 15 is 0 Å². The predicted molar refractivity (Wildman–Crippen MR) is 258 cm³/mol. The Hall–Kier alpha value is -5.83. The molecule has 0 radical (unpaired) electrons. The number of nitrogens with one attached hydrogen (secondary N) is 1. The number of benzene rings is 5. The van der Waals surface area contributed by atoms with E-state index in [4.69, 9.17) is 14.6 Å². The number of aliphatic carboxylic acids is 1. The fourth-order valence-corrected chi connectivity index (χ4v) is 11.4. The molecule has 0 bridgehead atoms. The molecule has 9 rings (SSSR count). The van der Waals surface area contributed by atoms with Crippen molar-refractivity contribution in [3.05, 3.63) is 172 Å². The molecule has 1 aliphatic heterocycles. The number of nitrogens with zero attached hydrogens (tertiary/aromatic N) is 1. The van der Waals surface area contributed by atoms with Gasteiger partial charge < -0.3 is 30.1 Å². The number of fused-ring (bicyclic) bond motifs is 2. The Morgan fingerprint density at radius 2 is 1.46 bits per heavy atom. The largest absolute Gasteiger partial charge is 0.508 e. The Bertz CT molecular complexity index is 2490. The van der Waals surface area contributed by atoms with Crippen LogP contribution in [-0.4, -0.2) is 72.1 Å². The first-order valence-corrected chi connectivity index (χ1v) is 23.9. The van der Waals surface area contributed by atoms with Crippen molar-refractivity contribution in [1.29, 1.82) is 0 Å². The standard InChI is InChI=1S/C57H64N2O6/c1-57(52-25-16-42-36-46(61)19-24-50(42)56(52)40-13-20-47(21-14-40)64-33-29-58-28-8-12-54(62)63)27-7-11-44(38-57)51-37-43(17-26-53(51)65-34-32-59-30-5-6-31-59)55-48(39-9-3-2-4-10-39)22-15-41-35-45(60)18-23-49(41)55/h2-4,7,9-11,13-14,17-21,23-24,26,35-38,48,52,55-56,58,60-61H,5-6,8,12,15-16,22,25,27-34H2,1H3,(H,62,63)/t48-,52+,55+,56-,57?/m1/s1. The number of ether oxygens (including phenoxy) is 2. The highest BCUT2D eigenvalue weighted by molar-refractivity contribution is 5.80. The minimum Gasteiger partial charge on any atom is -0.508 e. The van der Waals surface area contributed by atoms with Crippen molar-refractivity contribution >= 4 is 11.5 Å². The number of rotatable bonds is 17. The predicted octanol–water partition coefficient (Wildman–Crippen LogP) is 11.0. The van der Waals surface area contributed by atoms with Crippen molar-refractivity contribution in [1.82, 2.24) is 10.2 Å². The number of hydrogen-bond acceptors (Lipinski definition) is 7. The summed E-state index contributed by atoms with van der Waals surface area (Å²) in [6, 6.07) is 38.3. The second-order valence-electron chi connectivity index (χ2n) is 19.0. The average molecular weight is 873 g/mol. The second-order valence-corrected chi connectivity index (χ2v) is 19.0. The molecule has 5 aromatic carbocycles. The quantitative estimate of drug-likeness (QED) is 0.0684. The number of carboxylic acids is 1. The molecule has 1 heterocycles. The summed E-state index contributed by atoms with van der Waals surface area (Å²) in [6.45, 7) is 8.04. The highest BCUT2D eigenvalue weighted by Gasteiger charge is 2.43. The van der Waals surface area contributed by atoms with Gasteiger partial charge in [0, 0.05) is 36.9 Å². The number of likely N-dealkylation sites (tertiary alicyclic amines) is 1. The summed E-state index contributed by atoms with van der Waals surface area (Å²) in [6.07, 6.45) is 15.2. The number of allylic oxidation sites excluding steroid dienone is 4. The van der Waals surface area contributed by atoms with Gasteiger partial charge in [-0.05, 0) is 181 Å². The topological polar surface area (TPSA) is 111 Å². The first-order valence-electron chi connectivity index (χ1n) is 23.9. The Labute approximate surface area is 384 Å². The molecule has 0 spiro atoms. The van der Waals surface area contributed by atoms with Gasteiger partial charge in [0.25, 0.3) is 0 Å². The molecule has 1 saturated heterocycles. The van der Waals surface area contributed by atoms with Crippen LogP contribution >= 0.6 is 0 Å². The molecular formula is C57H64N2O6. The SMILES string of the molecule is CC1([C@H]2CCc3cc(O)ccc3[C@H]2c2ccc(OCCNCCCC(=O)O)cc2)C=C(c2cc([C@@H]3c4ccc(O)cc4CC[C@@H]3c3ccccc3)ccc2OCCN2CCCC2)C=CC1. The van der Waals surface area contributed by atoms with Gasteiger partial charge >= 0.3 is 5.97 Å². The lowest BCUT2D eigenvalue weighted by Gasteiger charge is -2.45. The molecule has 0 saturated carbocycles. The van der Waals surface area contributed by atoms with E-state index in [2.05, 4.69) is 120 Å². The Morgan fingerprint density at radius 3 is 2.20 bits per heavy atom. The molecular weight excluding hydrogens is 809 g/mol. The van der Waals surface area contributed by atoms with E-state index in [1.54, 1.807) is 0 Å². The minimum absolute atomic E-state index is 0.0996. The number of aryl methyl sites for hydroxylation is 2. The molecule has 0 aromatic heterocycles. The number of hydrogen-bond donors (Lipinski definition) is 4. The molecule has 5 aromatic rings. The molecule has 8 heteroatoms. The highest BCUT2D eigenvalue weighted by atomic mass is 16.5. The third-order valence-electron chi connectivity index (χ3n) is 14.7. The summed E-state index contributed by atoms with van der Waals surface area (Å²) >= 11 is 0. The Morgan fingerprint density at radius 1 is 0.754 bits per heavy atom. The van der Waals surface area contributed by atoms with Gasteiger partial charge in [0.05, 0.1) is 0 Å². The van der Waals surface area contributed by atoms with Crippen LogP contribution < -0.4 is 14.8 Å². The highest BCUT2D eigenvalue weighted by Crippen LogP contribution is 2.54. The number of aromatic hydroxyl groups is 2. The number of phenols is 2. The van der Waals surface area contributed by atoms with Crippen LogP contribution in [0.2, 0.25) is 0 Å². The second kappa shape index (κ2) is 20.1. The van der Waals surface area contributed by atoms with Crippen molar-refractivity contribution in [2.24, 2.45) is 11.3 Å². The lowest BCUT2D eigenvalue weighted by Crippen LogP contribution is -2.35. The van der Waals surface area contributed by atoms with Crippen LogP contribution in [0.15, 0.2) is 127 Å². The molecule has 4 N–H and O–H groups in total. The summed E-state index contributed by atoms with van der Waals surface area (Å²) in [5, 5.41) is 33.4. The summed E-state index contributed by atoms with van der Waals surface area (Å²) in [5.41, 5.74) is 10.9. The summed E-state index contributed by atoms with van der Waals surface area (Å²) in [5.74, 6) is 2.34. The van der Waals surface area contributed by atoms with Gasteiger partial charge in [-0.3, -0.25) is 9.69 Å². The van der Waals surface area contributed by atoms with Crippen LogP contribution in [0, 0.1) is 11.3 Å². The molecule has 8 nitrogen and oxygen atoms in total. The fraction of sp³-hybridized carbons (Fsp3) is 0.386. The fourth-order valence-electron chi connectivity index (χ4n) is 11.4. The smallest absolute Gasteiger partial charge is 0.303 e. The van der Waals surface area contributed by atoms with Gasteiger partial charge in [-0.25, -0.2) is 0 Å². The van der Waals surface area contributed by atoms with Crippen LogP contribution in [0.4, 0.5) is 0 Å². The van der Waals surface area contributed by atoms with Crippen LogP contribution in [-0.2, 0) is 17.6 Å². The summed E-state index contributed by atoms with van der Waals surface area (Å²) in [4.78, 5) is 13.4. The van der Waals surface area contributed by atoms with E-state index in [1.165, 1.54) is 57.4 Å². The Kier molecular flexibility index (Phi) is 13.7. The lowest BCUT2D eigenvalue weighted by molar-refractivity contribution is -0.137. The summed E-state index contributed by atoms with van der Waals surface area (Å²) < 4.78 is 12.9. The van der Waals surface area contributed by atoms with Crippen molar-refractivity contribution < 1.29 is 29.6 Å². The van der Waals surface area contributed by atoms with Gasteiger partial charge in [0.15, 0.2) is 0 Å². The van der Waals surface area contributed by atoms with Crippen molar-refractivity contribution in [3.8, 4) is 23.0 Å². The van der Waals surface area contributed by atoms with Gasteiger partial charge in [0.1, 0.15) is 36.2 Å². The van der Waals surface area contributed by atoms with Crippen LogP contribution in [0.25, 0.3) is 5.57 Å². The molecule has 1 unspecified atom stereocenters. The third-order valence-corrected chi connectivity index (χ3v) is 14.7. The van der Waals surface area contributed by atoms with Crippen molar-refractivity contribution in [2.75, 3.05) is 45.9 Å². The molecule has 65 heavy (non-hydrogen) atoms. The van der Waals surface area contributed by atoms with Gasteiger partial charge in [-0.2, -0.15) is 0 Å². The Balaban J connectivity index is 1.05. The van der Waals surface area contributed by atoms with Gasteiger partial charge in [-0.1, -0.05) is 85.8 Å². The first kappa shape index (κ1) is 44.4. The molecule has 1 fully saturated rings. The van der Waals surface area contributed by atoms with E-state index in [0.29, 0.717) is 44.2 Å². The number of carboxylic acid groups (broad SMARTS) is 1. The molecule has 338 valence electrons. The van der Waals surface area contributed by atoms with E-state index in [-0.39, 0.29) is 35.5 Å². The van der Waals surface area contributed by atoms with Crippen LogP contribution in [0.5, 0.6) is 23.0 Å². The monoisotopic (exact) mass is 872 g/mol. The lowest BCUT2D eigenvalue weighted by atomic mass is 9.58. The molecule has 4 aliphatic rings. The van der Waals surface area contributed by atoms with E-state index < -0.39 is 5.97 Å². The number of phenolic OH excluding ortho intramolecular Hbond substituents is 2. The first-order chi connectivity index (χ1) is 31.7. The van der Waals surface area contributed by atoms with Crippen molar-refractivity contribution in [3.63, 3.8) is 0 Å². The minimum atomic E-state index is -0.775. The van der Waals surface area contributed by atoms with Crippen LogP contribution in [0.3, 0.4) is 0 Å². The number of carbonyl (C=O) groups is 1. The zero-order valence-corrected chi connectivity index (χ0v) is 37.8. The van der Waals surface area contributed by atoms with Crippen LogP contribution in [0.1, 0.15) is 114 Å². The van der Waals surface area contributed by atoms with E-state index in [0.717, 1.165) is 68.8 Å². The zero-order chi connectivity index (χ0) is 44.8. The molecule has 0 amide bonds.